The van der Waals surface area contributed by atoms with E-state index in [4.69, 9.17) is 9.47 Å². The van der Waals surface area contributed by atoms with Crippen LogP contribution in [-0.4, -0.2) is 24.8 Å². The summed E-state index contributed by atoms with van der Waals surface area (Å²) in [5, 5.41) is 1.12. The summed E-state index contributed by atoms with van der Waals surface area (Å²) in [6.07, 6.45) is 2.74. The number of rotatable bonds is 2. The summed E-state index contributed by atoms with van der Waals surface area (Å²) in [6.45, 7) is 5.09. The molecule has 2 heterocycles. The normalized spacial score (nSPS) is 31.0. The number of aromatic nitrogens is 1. The largest absolute Gasteiger partial charge is 0.496 e. The van der Waals surface area contributed by atoms with Gasteiger partial charge in [-0.15, -0.1) is 0 Å². The molecule has 0 radical (unpaired) electrons. The van der Waals surface area contributed by atoms with E-state index >= 15 is 0 Å². The Balaban J connectivity index is 1.83. The topological polar surface area (TPSA) is 31.4 Å². The summed E-state index contributed by atoms with van der Waals surface area (Å²) < 4.78 is 11.3. The smallest absolute Gasteiger partial charge is 0.130 e. The Kier molecular flexibility index (Phi) is 2.77. The summed E-state index contributed by atoms with van der Waals surface area (Å²) >= 11 is 0. The molecule has 1 aliphatic heterocycles. The van der Waals surface area contributed by atoms with E-state index in [0.29, 0.717) is 17.4 Å². The number of pyridine rings is 1. The number of nitrogens with zero attached hydrogens (tertiary/aromatic N) is 1. The minimum absolute atomic E-state index is 0.335. The van der Waals surface area contributed by atoms with Crippen LogP contribution in [0.5, 0.6) is 5.75 Å². The molecule has 0 bridgehead atoms. The van der Waals surface area contributed by atoms with Gasteiger partial charge in [-0.05, 0) is 50.3 Å². The Morgan fingerprint density at radius 3 is 2.95 bits per heavy atom. The molecular weight excluding hydrogens is 262 g/mol. The first-order valence-electron chi connectivity index (χ1n) is 7.70. The van der Waals surface area contributed by atoms with Gasteiger partial charge in [0.2, 0.25) is 0 Å². The van der Waals surface area contributed by atoms with Crippen molar-refractivity contribution in [3.05, 3.63) is 35.5 Å². The summed E-state index contributed by atoms with van der Waals surface area (Å²) in [6, 6.07) is 8.70. The zero-order valence-electron chi connectivity index (χ0n) is 12.8. The highest BCUT2D eigenvalue weighted by molar-refractivity contribution is 5.86. The second-order valence-corrected chi connectivity index (χ2v) is 6.60. The molecule has 2 aromatic rings. The summed E-state index contributed by atoms with van der Waals surface area (Å²) in [7, 11) is 1.73. The van der Waals surface area contributed by atoms with Crippen molar-refractivity contribution in [3.8, 4) is 5.75 Å². The third-order valence-electron chi connectivity index (χ3n) is 5.16. The molecule has 3 atom stereocenters. The molecule has 3 heteroatoms. The van der Waals surface area contributed by atoms with E-state index in [1.165, 1.54) is 12.0 Å². The number of aryl methyl sites for hydroxylation is 1. The fourth-order valence-electron chi connectivity index (χ4n) is 3.97. The van der Waals surface area contributed by atoms with Crippen LogP contribution in [0.15, 0.2) is 24.3 Å². The van der Waals surface area contributed by atoms with E-state index in [9.17, 15) is 0 Å². The van der Waals surface area contributed by atoms with Gasteiger partial charge in [-0.2, -0.15) is 0 Å². The third-order valence-corrected chi connectivity index (χ3v) is 5.16. The molecule has 0 amide bonds. The molecule has 0 spiro atoms. The van der Waals surface area contributed by atoms with Gasteiger partial charge in [0, 0.05) is 22.6 Å². The lowest BCUT2D eigenvalue weighted by atomic mass is 9.85. The van der Waals surface area contributed by atoms with Crippen LogP contribution in [-0.2, 0) is 10.2 Å². The number of ether oxygens (including phenoxy) is 2. The van der Waals surface area contributed by atoms with Crippen molar-refractivity contribution < 1.29 is 9.47 Å². The SMILES string of the molecule is COc1cc(C)nc2ccc(C34CC(C)OCC3C4)cc12. The van der Waals surface area contributed by atoms with E-state index < -0.39 is 0 Å². The molecule has 1 saturated carbocycles. The molecular formula is C18H21NO2. The van der Waals surface area contributed by atoms with Gasteiger partial charge in [0.15, 0.2) is 0 Å². The predicted octanol–water partition coefficient (Wildman–Crippen LogP) is 3.62. The first-order chi connectivity index (χ1) is 10.1. The Hall–Kier alpha value is -1.61. The minimum atomic E-state index is 0.335. The molecule has 3 unspecified atom stereocenters. The van der Waals surface area contributed by atoms with E-state index in [0.717, 1.165) is 35.4 Å². The molecule has 2 fully saturated rings. The zero-order chi connectivity index (χ0) is 14.6. The highest BCUT2D eigenvalue weighted by Crippen LogP contribution is 2.60. The Bertz CT molecular complexity index is 712. The molecule has 21 heavy (non-hydrogen) atoms. The van der Waals surface area contributed by atoms with Crippen LogP contribution in [0.4, 0.5) is 0 Å². The highest BCUT2D eigenvalue weighted by atomic mass is 16.5. The van der Waals surface area contributed by atoms with E-state index in [1.54, 1.807) is 7.11 Å². The van der Waals surface area contributed by atoms with Crippen molar-refractivity contribution in [2.24, 2.45) is 5.92 Å². The monoisotopic (exact) mass is 283 g/mol. The molecule has 3 nitrogen and oxygen atoms in total. The van der Waals surface area contributed by atoms with Gasteiger partial charge in [0.25, 0.3) is 0 Å². The second-order valence-electron chi connectivity index (χ2n) is 6.60. The molecule has 2 aliphatic rings. The first kappa shape index (κ1) is 13.1. The Morgan fingerprint density at radius 1 is 1.29 bits per heavy atom. The maximum absolute atomic E-state index is 5.79. The van der Waals surface area contributed by atoms with Crippen LogP contribution in [0.25, 0.3) is 10.9 Å². The molecule has 4 rings (SSSR count). The van der Waals surface area contributed by atoms with Gasteiger partial charge in [-0.25, -0.2) is 0 Å². The standard InChI is InChI=1S/C18H21NO2/c1-11-6-17(20-3)15-7-13(4-5-16(15)19-11)18-8-12(2)21-10-14(18)9-18/h4-7,12,14H,8-10H2,1-3H3. The lowest BCUT2D eigenvalue weighted by Crippen LogP contribution is -2.27. The van der Waals surface area contributed by atoms with E-state index in [1.807, 2.05) is 13.0 Å². The van der Waals surface area contributed by atoms with Crippen molar-refractivity contribution in [2.75, 3.05) is 13.7 Å². The van der Waals surface area contributed by atoms with Crippen molar-refractivity contribution in [1.82, 2.24) is 4.98 Å². The van der Waals surface area contributed by atoms with Gasteiger partial charge in [-0.3, -0.25) is 4.98 Å². The average molecular weight is 283 g/mol. The maximum Gasteiger partial charge on any atom is 0.130 e. The van der Waals surface area contributed by atoms with Gasteiger partial charge < -0.3 is 9.47 Å². The average Bonchev–Trinajstić information content (AvgIpc) is 3.20. The number of methoxy groups -OCH3 is 1. The lowest BCUT2D eigenvalue weighted by molar-refractivity contribution is 0.0146. The predicted molar refractivity (Wildman–Crippen MR) is 82.8 cm³/mol. The van der Waals surface area contributed by atoms with Gasteiger partial charge in [0.1, 0.15) is 5.75 Å². The quantitative estimate of drug-likeness (QED) is 0.843. The Morgan fingerprint density at radius 2 is 2.14 bits per heavy atom. The van der Waals surface area contributed by atoms with Crippen LogP contribution in [0.1, 0.15) is 31.0 Å². The van der Waals surface area contributed by atoms with Crippen molar-refractivity contribution in [1.29, 1.82) is 0 Å². The van der Waals surface area contributed by atoms with Crippen molar-refractivity contribution in [2.45, 2.75) is 38.2 Å². The first-order valence-corrected chi connectivity index (χ1v) is 7.70. The summed E-state index contributed by atoms with van der Waals surface area (Å²) in [5.74, 6) is 1.61. The molecule has 0 N–H and O–H groups in total. The fraction of sp³-hybridized carbons (Fsp3) is 0.500. The fourth-order valence-corrected chi connectivity index (χ4v) is 3.97. The number of fused-ring (bicyclic) bond motifs is 2. The Labute approximate surface area is 125 Å². The molecule has 1 aromatic carbocycles. The minimum Gasteiger partial charge on any atom is -0.496 e. The van der Waals surface area contributed by atoms with Crippen LogP contribution >= 0.6 is 0 Å². The van der Waals surface area contributed by atoms with Gasteiger partial charge in [-0.1, -0.05) is 6.07 Å². The highest BCUT2D eigenvalue weighted by Gasteiger charge is 2.58. The van der Waals surface area contributed by atoms with Crippen LogP contribution in [0, 0.1) is 12.8 Å². The van der Waals surface area contributed by atoms with Crippen LogP contribution in [0.3, 0.4) is 0 Å². The zero-order valence-corrected chi connectivity index (χ0v) is 12.8. The van der Waals surface area contributed by atoms with E-state index in [-0.39, 0.29) is 0 Å². The summed E-state index contributed by atoms with van der Waals surface area (Å²) in [4.78, 5) is 4.62. The van der Waals surface area contributed by atoms with E-state index in [2.05, 4.69) is 30.1 Å². The van der Waals surface area contributed by atoms with Gasteiger partial charge in [0.05, 0.1) is 25.3 Å². The van der Waals surface area contributed by atoms with Crippen molar-refractivity contribution in [3.63, 3.8) is 0 Å². The maximum atomic E-state index is 5.79. The van der Waals surface area contributed by atoms with Gasteiger partial charge >= 0.3 is 0 Å². The molecule has 110 valence electrons. The molecule has 1 aromatic heterocycles. The molecule has 1 saturated heterocycles. The lowest BCUT2D eigenvalue weighted by Gasteiger charge is -2.28. The number of hydrogen-bond acceptors (Lipinski definition) is 3. The summed E-state index contributed by atoms with van der Waals surface area (Å²) in [5.41, 5.74) is 3.78. The number of hydrogen-bond donors (Lipinski definition) is 0. The van der Waals surface area contributed by atoms with Crippen LogP contribution < -0.4 is 4.74 Å². The molecule has 1 aliphatic carbocycles. The third kappa shape index (κ3) is 1.95. The number of benzene rings is 1. The van der Waals surface area contributed by atoms with Crippen LogP contribution in [0.2, 0.25) is 0 Å². The van der Waals surface area contributed by atoms with Crippen molar-refractivity contribution >= 4 is 10.9 Å². The second kappa shape index (κ2) is 4.44.